The SMILES string of the molecule is CCC(C)(C)C1C=CC=C(Oc2ccc(N)cn2)C=C1. The second-order valence-electron chi connectivity index (χ2n) is 5.71. The molecule has 0 aliphatic heterocycles. The number of nitrogen functional groups attached to an aromatic ring is 1. The number of rotatable bonds is 4. The van der Waals surface area contributed by atoms with Crippen LogP contribution >= 0.6 is 0 Å². The van der Waals surface area contributed by atoms with E-state index in [4.69, 9.17) is 10.5 Å². The summed E-state index contributed by atoms with van der Waals surface area (Å²) in [6, 6.07) is 3.55. The van der Waals surface area contributed by atoms with Crippen LogP contribution in [0.2, 0.25) is 0 Å². The Bertz CT molecular complexity index is 539. The third-order valence-electron chi connectivity index (χ3n) is 3.84. The monoisotopic (exact) mass is 270 g/mol. The lowest BCUT2D eigenvalue weighted by molar-refractivity contribution is 0.291. The van der Waals surface area contributed by atoms with Gasteiger partial charge in [-0.3, -0.25) is 0 Å². The number of anilines is 1. The molecule has 0 aromatic carbocycles. The Morgan fingerprint density at radius 2 is 2.10 bits per heavy atom. The molecule has 0 amide bonds. The van der Waals surface area contributed by atoms with E-state index in [2.05, 4.69) is 44.0 Å². The zero-order chi connectivity index (χ0) is 14.6. The Morgan fingerprint density at radius 1 is 1.30 bits per heavy atom. The summed E-state index contributed by atoms with van der Waals surface area (Å²) in [6.45, 7) is 6.77. The highest BCUT2D eigenvalue weighted by atomic mass is 16.5. The van der Waals surface area contributed by atoms with E-state index in [1.165, 1.54) is 0 Å². The van der Waals surface area contributed by atoms with Gasteiger partial charge in [0.1, 0.15) is 5.76 Å². The van der Waals surface area contributed by atoms with Crippen LogP contribution in [-0.2, 0) is 0 Å². The number of ether oxygens (including phenoxy) is 1. The molecule has 3 heteroatoms. The van der Waals surface area contributed by atoms with E-state index in [0.717, 1.165) is 12.2 Å². The summed E-state index contributed by atoms with van der Waals surface area (Å²) in [5.41, 5.74) is 6.49. The first-order chi connectivity index (χ1) is 9.51. The summed E-state index contributed by atoms with van der Waals surface area (Å²) in [5, 5.41) is 0. The fourth-order valence-electron chi connectivity index (χ4n) is 1.99. The molecule has 1 aliphatic carbocycles. The van der Waals surface area contributed by atoms with Gasteiger partial charge in [-0.15, -0.1) is 0 Å². The van der Waals surface area contributed by atoms with Crippen molar-refractivity contribution >= 4 is 5.69 Å². The molecule has 1 unspecified atom stereocenters. The first-order valence-electron chi connectivity index (χ1n) is 6.97. The van der Waals surface area contributed by atoms with Crippen LogP contribution in [0.15, 0.2) is 54.5 Å². The summed E-state index contributed by atoms with van der Waals surface area (Å²) >= 11 is 0. The lowest BCUT2D eigenvalue weighted by atomic mass is 9.76. The zero-order valence-electron chi connectivity index (χ0n) is 12.3. The first kappa shape index (κ1) is 14.4. The van der Waals surface area contributed by atoms with Crippen molar-refractivity contribution in [1.82, 2.24) is 4.98 Å². The Balaban J connectivity index is 2.09. The maximum absolute atomic E-state index is 5.74. The first-order valence-corrected chi connectivity index (χ1v) is 6.97. The summed E-state index contributed by atoms with van der Waals surface area (Å²) < 4.78 is 5.74. The molecule has 1 atom stereocenters. The molecule has 0 radical (unpaired) electrons. The molecule has 1 heterocycles. The van der Waals surface area contributed by atoms with Crippen molar-refractivity contribution in [3.63, 3.8) is 0 Å². The number of allylic oxidation sites excluding steroid dienone is 5. The van der Waals surface area contributed by atoms with Gasteiger partial charge in [-0.2, -0.15) is 0 Å². The number of nitrogens with two attached hydrogens (primary N) is 1. The van der Waals surface area contributed by atoms with Crippen LogP contribution in [0.3, 0.4) is 0 Å². The predicted molar refractivity (Wildman–Crippen MR) is 83.2 cm³/mol. The van der Waals surface area contributed by atoms with E-state index >= 15 is 0 Å². The van der Waals surface area contributed by atoms with Crippen molar-refractivity contribution in [3.05, 3.63) is 54.5 Å². The van der Waals surface area contributed by atoms with Gasteiger partial charge >= 0.3 is 0 Å². The highest BCUT2D eigenvalue weighted by molar-refractivity contribution is 5.37. The smallest absolute Gasteiger partial charge is 0.219 e. The van der Waals surface area contributed by atoms with E-state index in [9.17, 15) is 0 Å². The summed E-state index contributed by atoms with van der Waals surface area (Å²) in [5.74, 6) is 1.74. The third-order valence-corrected chi connectivity index (χ3v) is 3.84. The molecule has 0 fully saturated rings. The molecule has 0 bridgehead atoms. The highest BCUT2D eigenvalue weighted by Crippen LogP contribution is 2.33. The summed E-state index contributed by atoms with van der Waals surface area (Å²) in [4.78, 5) is 4.14. The van der Waals surface area contributed by atoms with Gasteiger partial charge in [-0.1, -0.05) is 45.4 Å². The van der Waals surface area contributed by atoms with Gasteiger partial charge in [-0.25, -0.2) is 4.98 Å². The van der Waals surface area contributed by atoms with Crippen molar-refractivity contribution < 1.29 is 4.74 Å². The normalized spacial score (nSPS) is 18.6. The predicted octanol–water partition coefficient (Wildman–Crippen LogP) is 4.10. The molecule has 0 saturated heterocycles. The largest absolute Gasteiger partial charge is 0.439 e. The summed E-state index contributed by atoms with van der Waals surface area (Å²) in [6.07, 6.45) is 13.1. The lowest BCUT2D eigenvalue weighted by Gasteiger charge is -2.28. The molecule has 1 aliphatic rings. The number of pyridine rings is 1. The van der Waals surface area contributed by atoms with E-state index in [1.807, 2.05) is 12.2 Å². The number of nitrogens with zero attached hydrogens (tertiary/aromatic N) is 1. The molecular formula is C17H22N2O. The fraction of sp³-hybridized carbons (Fsp3) is 0.353. The Kier molecular flexibility index (Phi) is 4.28. The molecule has 0 spiro atoms. The van der Waals surface area contributed by atoms with E-state index in [0.29, 0.717) is 17.5 Å². The standard InChI is InChI=1S/C17H22N2O/c1-4-17(2,3)13-6-5-7-15(10-8-13)20-16-11-9-14(18)12-19-16/h5-13H,4,18H2,1-3H3. The topological polar surface area (TPSA) is 48.1 Å². The second-order valence-corrected chi connectivity index (χ2v) is 5.71. The fourth-order valence-corrected chi connectivity index (χ4v) is 1.99. The minimum atomic E-state index is 0.246. The lowest BCUT2D eigenvalue weighted by Crippen LogP contribution is -2.19. The highest BCUT2D eigenvalue weighted by Gasteiger charge is 2.23. The van der Waals surface area contributed by atoms with Gasteiger partial charge in [-0.05, 0) is 23.6 Å². The summed E-state index contributed by atoms with van der Waals surface area (Å²) in [7, 11) is 0. The second kappa shape index (κ2) is 5.95. The van der Waals surface area contributed by atoms with Crippen LogP contribution in [-0.4, -0.2) is 4.98 Å². The van der Waals surface area contributed by atoms with Crippen LogP contribution in [0.25, 0.3) is 0 Å². The Morgan fingerprint density at radius 3 is 2.75 bits per heavy atom. The molecule has 1 aromatic heterocycles. The van der Waals surface area contributed by atoms with Gasteiger partial charge in [0.2, 0.25) is 5.88 Å². The molecule has 1 aromatic rings. The van der Waals surface area contributed by atoms with Crippen LogP contribution in [0, 0.1) is 11.3 Å². The van der Waals surface area contributed by atoms with Gasteiger partial charge in [0.05, 0.1) is 11.9 Å². The van der Waals surface area contributed by atoms with Crippen molar-refractivity contribution in [2.24, 2.45) is 11.3 Å². The maximum atomic E-state index is 5.74. The molecule has 2 rings (SSSR count). The van der Waals surface area contributed by atoms with Crippen LogP contribution in [0.1, 0.15) is 27.2 Å². The Labute approximate surface area is 120 Å². The molecule has 20 heavy (non-hydrogen) atoms. The zero-order valence-corrected chi connectivity index (χ0v) is 12.3. The molecule has 106 valence electrons. The maximum Gasteiger partial charge on any atom is 0.219 e. The van der Waals surface area contributed by atoms with Crippen molar-refractivity contribution in [2.45, 2.75) is 27.2 Å². The van der Waals surface area contributed by atoms with Crippen LogP contribution in [0.4, 0.5) is 5.69 Å². The number of hydrogen-bond donors (Lipinski definition) is 1. The minimum absolute atomic E-state index is 0.246. The van der Waals surface area contributed by atoms with Crippen LogP contribution < -0.4 is 10.5 Å². The molecule has 3 nitrogen and oxygen atoms in total. The Hall–Kier alpha value is -2.03. The van der Waals surface area contributed by atoms with Gasteiger partial charge in [0.25, 0.3) is 0 Å². The number of aromatic nitrogens is 1. The van der Waals surface area contributed by atoms with Crippen LogP contribution in [0.5, 0.6) is 5.88 Å². The quantitative estimate of drug-likeness (QED) is 0.895. The van der Waals surface area contributed by atoms with E-state index < -0.39 is 0 Å². The van der Waals surface area contributed by atoms with Crippen molar-refractivity contribution in [2.75, 3.05) is 5.73 Å². The van der Waals surface area contributed by atoms with Gasteiger partial charge in [0.15, 0.2) is 0 Å². The third kappa shape index (κ3) is 3.50. The van der Waals surface area contributed by atoms with Gasteiger partial charge < -0.3 is 10.5 Å². The average molecular weight is 270 g/mol. The van der Waals surface area contributed by atoms with Gasteiger partial charge in [0, 0.05) is 12.0 Å². The average Bonchev–Trinajstić information content (AvgIpc) is 2.67. The minimum Gasteiger partial charge on any atom is -0.439 e. The van der Waals surface area contributed by atoms with Crippen molar-refractivity contribution in [3.8, 4) is 5.88 Å². The van der Waals surface area contributed by atoms with E-state index in [1.54, 1.807) is 18.3 Å². The number of hydrogen-bond acceptors (Lipinski definition) is 3. The molecule has 0 saturated carbocycles. The van der Waals surface area contributed by atoms with E-state index in [-0.39, 0.29) is 5.41 Å². The molecule has 2 N–H and O–H groups in total. The van der Waals surface area contributed by atoms with Crippen molar-refractivity contribution in [1.29, 1.82) is 0 Å². The molecular weight excluding hydrogens is 248 g/mol.